The third-order valence-electron chi connectivity index (χ3n) is 11.2. The molecule has 2 aromatic rings. The number of anilines is 2. The van der Waals surface area contributed by atoms with Crippen LogP contribution in [-0.4, -0.2) is 131 Å². The number of nitrogens with zero attached hydrogens (tertiary/aromatic N) is 5. The summed E-state index contributed by atoms with van der Waals surface area (Å²) in [5.41, 5.74) is 11.1. The first kappa shape index (κ1) is 38.2. The van der Waals surface area contributed by atoms with Crippen LogP contribution in [0.4, 0.5) is 25.8 Å². The Morgan fingerprint density at radius 3 is 2.04 bits per heavy atom. The van der Waals surface area contributed by atoms with E-state index in [2.05, 4.69) is 10.2 Å². The van der Waals surface area contributed by atoms with Crippen molar-refractivity contribution < 1.29 is 28.7 Å². The molecule has 0 spiro atoms. The number of nitrogens with one attached hydrogen (secondary N) is 1. The minimum Gasteiger partial charge on any atom is -0.444 e. The monoisotopic (exact) mass is 731 g/mol. The van der Waals surface area contributed by atoms with Crippen molar-refractivity contribution in [2.24, 2.45) is 0 Å². The van der Waals surface area contributed by atoms with Crippen molar-refractivity contribution in [2.45, 2.75) is 96.9 Å². The third-order valence-corrected chi connectivity index (χ3v) is 11.2. The van der Waals surface area contributed by atoms with Gasteiger partial charge in [-0.25, -0.2) is 14.4 Å². The van der Waals surface area contributed by atoms with Crippen LogP contribution in [0.25, 0.3) is 0 Å². The van der Waals surface area contributed by atoms with Crippen molar-refractivity contribution in [2.75, 3.05) is 70.0 Å². The first-order valence-corrected chi connectivity index (χ1v) is 19.2. The predicted molar refractivity (Wildman–Crippen MR) is 204 cm³/mol. The van der Waals surface area contributed by atoms with E-state index in [1.54, 1.807) is 9.80 Å². The van der Waals surface area contributed by atoms with Gasteiger partial charge in [0.05, 0.1) is 0 Å². The number of ether oxygens (including phenoxy) is 2. The summed E-state index contributed by atoms with van der Waals surface area (Å²) in [7, 11) is 0. The smallest absolute Gasteiger partial charge is 0.410 e. The first-order valence-electron chi connectivity index (χ1n) is 19.2. The van der Waals surface area contributed by atoms with E-state index in [-0.39, 0.29) is 30.5 Å². The lowest BCUT2D eigenvalue weighted by atomic mass is 9.98. The van der Waals surface area contributed by atoms with Crippen LogP contribution in [0.1, 0.15) is 68.7 Å². The molecule has 53 heavy (non-hydrogen) atoms. The number of carbonyl (C=O) groups is 4. The highest BCUT2D eigenvalue weighted by atomic mass is 16.6. The Kier molecular flexibility index (Phi) is 11.7. The lowest BCUT2D eigenvalue weighted by Crippen LogP contribution is -2.56. The zero-order valence-electron chi connectivity index (χ0n) is 32.1. The number of piperazine rings is 1. The first-order chi connectivity index (χ1) is 25.3. The highest BCUT2D eigenvalue weighted by Crippen LogP contribution is 2.27. The molecule has 1 unspecified atom stereocenters. The third kappa shape index (κ3) is 9.35. The lowest BCUT2D eigenvalue weighted by Gasteiger charge is -2.43. The topological polar surface area (TPSA) is 141 Å². The van der Waals surface area contributed by atoms with Gasteiger partial charge in [0.2, 0.25) is 0 Å². The quantitative estimate of drug-likeness (QED) is 0.395. The van der Waals surface area contributed by atoms with Crippen LogP contribution in [0.2, 0.25) is 0 Å². The fourth-order valence-electron chi connectivity index (χ4n) is 8.12. The number of carbonyl (C=O) groups excluding carboxylic acids is 4. The van der Waals surface area contributed by atoms with Crippen molar-refractivity contribution >= 4 is 35.5 Å². The van der Waals surface area contributed by atoms with E-state index in [1.165, 1.54) is 0 Å². The van der Waals surface area contributed by atoms with Gasteiger partial charge in [-0.2, -0.15) is 0 Å². The summed E-state index contributed by atoms with van der Waals surface area (Å²) in [5, 5.41) is 3.05. The Hall–Kier alpha value is -4.52. The molecular formula is C40H57N7O6. The summed E-state index contributed by atoms with van der Waals surface area (Å²) < 4.78 is 11.7. The zero-order chi connectivity index (χ0) is 37.9. The van der Waals surface area contributed by atoms with E-state index >= 15 is 0 Å². The van der Waals surface area contributed by atoms with Crippen molar-refractivity contribution in [3.8, 4) is 0 Å². The molecule has 1 atom stereocenters. The molecule has 3 N–H and O–H groups in total. The number of para-hydroxylation sites is 1. The number of piperidine rings is 2. The molecule has 0 saturated carbocycles. The van der Waals surface area contributed by atoms with Crippen molar-refractivity contribution in [3.05, 3.63) is 58.7 Å². The number of urea groups is 1. The minimum absolute atomic E-state index is 0.00750. The van der Waals surface area contributed by atoms with Crippen LogP contribution in [-0.2, 0) is 27.1 Å². The summed E-state index contributed by atoms with van der Waals surface area (Å²) in [6.07, 6.45) is 2.15. The Labute approximate surface area is 313 Å². The molecule has 0 aromatic heterocycles. The molecule has 6 rings (SSSR count). The molecule has 5 amide bonds. The van der Waals surface area contributed by atoms with Gasteiger partial charge >= 0.3 is 18.2 Å². The van der Waals surface area contributed by atoms with E-state index in [1.807, 2.05) is 80.8 Å². The van der Waals surface area contributed by atoms with E-state index in [9.17, 15) is 19.2 Å². The number of benzene rings is 2. The molecule has 2 aromatic carbocycles. The van der Waals surface area contributed by atoms with Crippen LogP contribution in [0.15, 0.2) is 36.4 Å². The number of hydrogen-bond donors (Lipinski definition) is 2. The van der Waals surface area contributed by atoms with E-state index < -0.39 is 17.8 Å². The van der Waals surface area contributed by atoms with Crippen LogP contribution in [0.3, 0.4) is 0 Å². The normalized spacial score (nSPS) is 20.0. The number of hydrogen-bond acceptors (Lipinski definition) is 8. The molecule has 0 bridgehead atoms. The molecule has 13 nitrogen and oxygen atoms in total. The SMILES string of the molecule is Cc1cc(CC(OC(=O)N2CCC(N3CCc4ccccc4NC3=O)CC2)C(=O)N2CCC(N3CCN(C(=O)OC(C)(C)C)CC3)CC2)cc(C)c1N. The van der Waals surface area contributed by atoms with Crippen molar-refractivity contribution in [1.29, 1.82) is 0 Å². The van der Waals surface area contributed by atoms with Gasteiger partial charge in [0.25, 0.3) is 5.91 Å². The second-order valence-electron chi connectivity index (χ2n) is 16.0. The summed E-state index contributed by atoms with van der Waals surface area (Å²) >= 11 is 0. The summed E-state index contributed by atoms with van der Waals surface area (Å²) in [5.74, 6) is -0.186. The van der Waals surface area contributed by atoms with E-state index in [0.29, 0.717) is 70.4 Å². The van der Waals surface area contributed by atoms with Crippen LogP contribution in [0, 0.1) is 13.8 Å². The largest absolute Gasteiger partial charge is 0.444 e. The summed E-state index contributed by atoms with van der Waals surface area (Å²) in [6.45, 7) is 14.9. The molecule has 4 heterocycles. The maximum Gasteiger partial charge on any atom is 0.410 e. The number of aryl methyl sites for hydroxylation is 2. The van der Waals surface area contributed by atoms with Gasteiger partial charge in [0.1, 0.15) is 5.60 Å². The van der Waals surface area contributed by atoms with Crippen LogP contribution in [0.5, 0.6) is 0 Å². The van der Waals surface area contributed by atoms with E-state index in [4.69, 9.17) is 15.2 Å². The molecule has 4 aliphatic rings. The fourth-order valence-corrected chi connectivity index (χ4v) is 8.12. The highest BCUT2D eigenvalue weighted by Gasteiger charge is 2.37. The number of likely N-dealkylation sites (tertiary alicyclic amines) is 2. The lowest BCUT2D eigenvalue weighted by molar-refractivity contribution is -0.142. The van der Waals surface area contributed by atoms with Gasteiger partial charge in [0, 0.05) is 88.8 Å². The molecule has 13 heteroatoms. The fraction of sp³-hybridized carbons (Fsp3) is 0.600. The van der Waals surface area contributed by atoms with Gasteiger partial charge in [-0.05, 0) is 95.0 Å². The predicted octanol–water partition coefficient (Wildman–Crippen LogP) is 5.03. The van der Waals surface area contributed by atoms with Crippen LogP contribution < -0.4 is 11.1 Å². The maximum absolute atomic E-state index is 14.2. The van der Waals surface area contributed by atoms with Gasteiger partial charge < -0.3 is 40.1 Å². The maximum atomic E-state index is 14.2. The Morgan fingerprint density at radius 1 is 0.811 bits per heavy atom. The summed E-state index contributed by atoms with van der Waals surface area (Å²) in [4.78, 5) is 63.2. The average molecular weight is 732 g/mol. The van der Waals surface area contributed by atoms with Crippen molar-refractivity contribution in [1.82, 2.24) is 24.5 Å². The molecular weight excluding hydrogens is 674 g/mol. The van der Waals surface area contributed by atoms with Crippen LogP contribution >= 0.6 is 0 Å². The summed E-state index contributed by atoms with van der Waals surface area (Å²) in [6, 6.07) is 12.0. The molecule has 3 saturated heterocycles. The number of rotatable bonds is 6. The molecule has 288 valence electrons. The standard InChI is InChI=1S/C40H57N7O6/c1-27-24-29(25-28(2)35(27)41)26-34(36(48)44-15-11-31(12-16-44)43-20-22-46(23-21-43)39(51)53-40(3,4)5)52-38(50)45-17-13-32(14-18-45)47-19-10-30-8-6-7-9-33(30)42-37(47)49/h6-9,24-25,31-32,34H,10-23,26,41H2,1-5H3,(H,42,49). The minimum atomic E-state index is -0.980. The Balaban J connectivity index is 1.05. The Morgan fingerprint density at radius 2 is 1.40 bits per heavy atom. The zero-order valence-corrected chi connectivity index (χ0v) is 32.1. The molecule has 4 aliphatic heterocycles. The number of amides is 5. The molecule has 0 radical (unpaired) electrons. The highest BCUT2D eigenvalue weighted by molar-refractivity contribution is 5.91. The number of fused-ring (bicyclic) bond motifs is 1. The molecule has 3 fully saturated rings. The second kappa shape index (κ2) is 16.2. The van der Waals surface area contributed by atoms with Gasteiger partial charge in [-0.1, -0.05) is 30.3 Å². The van der Waals surface area contributed by atoms with Gasteiger partial charge in [-0.3, -0.25) is 9.69 Å². The number of nitrogens with two attached hydrogens (primary N) is 1. The van der Waals surface area contributed by atoms with Crippen molar-refractivity contribution in [3.63, 3.8) is 0 Å². The number of nitrogen functional groups attached to an aromatic ring is 1. The average Bonchev–Trinajstić information content (AvgIpc) is 3.30. The Bertz CT molecular complexity index is 1630. The van der Waals surface area contributed by atoms with Gasteiger partial charge in [0.15, 0.2) is 6.10 Å². The van der Waals surface area contributed by atoms with Gasteiger partial charge in [-0.15, -0.1) is 0 Å². The van der Waals surface area contributed by atoms with E-state index in [0.717, 1.165) is 60.3 Å². The second-order valence-corrected chi connectivity index (χ2v) is 16.0. The molecule has 0 aliphatic carbocycles.